The Balaban J connectivity index is 1.26. The monoisotopic (exact) mass is 473 g/mol. The van der Waals surface area contributed by atoms with E-state index in [1.807, 2.05) is 47.4 Å². The number of carbonyl (C=O) groups is 1. The van der Waals surface area contributed by atoms with Crippen LogP contribution in [0.5, 0.6) is 5.75 Å². The first kappa shape index (κ1) is 23.4. The molecule has 2 aliphatic heterocycles. The third-order valence-electron chi connectivity index (χ3n) is 7.35. The van der Waals surface area contributed by atoms with E-state index in [-0.39, 0.29) is 11.7 Å². The van der Waals surface area contributed by atoms with Crippen molar-refractivity contribution in [1.29, 1.82) is 0 Å². The average molecular weight is 474 g/mol. The Morgan fingerprint density at radius 3 is 2.23 bits per heavy atom. The van der Waals surface area contributed by atoms with Gasteiger partial charge in [0.25, 0.3) is 5.91 Å². The fourth-order valence-electron chi connectivity index (χ4n) is 5.39. The van der Waals surface area contributed by atoms with Crippen LogP contribution in [-0.2, 0) is 0 Å². The third kappa shape index (κ3) is 5.33. The van der Waals surface area contributed by atoms with Crippen molar-refractivity contribution >= 4 is 11.6 Å². The molecule has 6 heteroatoms. The average Bonchev–Trinajstić information content (AvgIpc) is 3.33. The molecule has 2 fully saturated rings. The van der Waals surface area contributed by atoms with E-state index < -0.39 is 0 Å². The Hall–Kier alpha value is -3.38. The number of halogens is 1. The van der Waals surface area contributed by atoms with Crippen molar-refractivity contribution in [3.05, 3.63) is 95.8 Å². The maximum atomic E-state index is 13.3. The Labute approximate surface area is 206 Å². The van der Waals surface area contributed by atoms with Gasteiger partial charge >= 0.3 is 0 Å². The molecule has 5 nitrogen and oxygen atoms in total. The molecule has 3 aromatic rings. The minimum atomic E-state index is -0.200. The first-order valence-electron chi connectivity index (χ1n) is 12.3. The van der Waals surface area contributed by atoms with Crippen LogP contribution in [0.3, 0.4) is 0 Å². The van der Waals surface area contributed by atoms with Gasteiger partial charge in [-0.25, -0.2) is 4.39 Å². The molecular formula is C29H32FN3O2. The van der Waals surface area contributed by atoms with Crippen molar-refractivity contribution in [2.24, 2.45) is 5.92 Å². The summed E-state index contributed by atoms with van der Waals surface area (Å²) >= 11 is 0. The van der Waals surface area contributed by atoms with Gasteiger partial charge in [-0.05, 0) is 60.0 Å². The smallest absolute Gasteiger partial charge is 0.253 e. The van der Waals surface area contributed by atoms with Crippen molar-refractivity contribution in [3.8, 4) is 5.75 Å². The molecule has 0 bridgehead atoms. The SMILES string of the molecule is COc1ccc(C(=O)N2C[C@H](CN3CCN(c4ccc(F)cc4)CC3)[C@H](c3ccccc3)C2)cc1. The topological polar surface area (TPSA) is 36.0 Å². The van der Waals surface area contributed by atoms with Gasteiger partial charge in [0.15, 0.2) is 0 Å². The fourth-order valence-corrected chi connectivity index (χ4v) is 5.39. The molecule has 2 atom stereocenters. The summed E-state index contributed by atoms with van der Waals surface area (Å²) in [6.07, 6.45) is 0. The summed E-state index contributed by atoms with van der Waals surface area (Å²) in [6.45, 7) is 6.20. The molecular weight excluding hydrogens is 441 g/mol. The van der Waals surface area contributed by atoms with Crippen LogP contribution in [0.25, 0.3) is 0 Å². The maximum Gasteiger partial charge on any atom is 0.253 e. The largest absolute Gasteiger partial charge is 0.497 e. The quantitative estimate of drug-likeness (QED) is 0.528. The molecule has 1 amide bonds. The molecule has 35 heavy (non-hydrogen) atoms. The second-order valence-corrected chi connectivity index (χ2v) is 9.48. The lowest BCUT2D eigenvalue weighted by molar-refractivity contribution is 0.0782. The predicted molar refractivity (Wildman–Crippen MR) is 137 cm³/mol. The summed E-state index contributed by atoms with van der Waals surface area (Å²) in [5.74, 6) is 1.32. The van der Waals surface area contributed by atoms with Gasteiger partial charge in [-0.3, -0.25) is 9.69 Å². The van der Waals surface area contributed by atoms with E-state index in [4.69, 9.17) is 4.74 Å². The predicted octanol–water partition coefficient (Wildman–Crippen LogP) is 4.51. The van der Waals surface area contributed by atoms with Crippen LogP contribution in [0.4, 0.5) is 10.1 Å². The first-order chi connectivity index (χ1) is 17.1. The Morgan fingerprint density at radius 2 is 1.57 bits per heavy atom. The van der Waals surface area contributed by atoms with Crippen LogP contribution in [0.1, 0.15) is 21.8 Å². The number of rotatable bonds is 6. The van der Waals surface area contributed by atoms with Crippen molar-refractivity contribution in [2.75, 3.05) is 57.8 Å². The maximum absolute atomic E-state index is 13.3. The molecule has 0 saturated carbocycles. The number of ether oxygens (including phenoxy) is 1. The van der Waals surface area contributed by atoms with Crippen molar-refractivity contribution in [2.45, 2.75) is 5.92 Å². The molecule has 0 N–H and O–H groups in total. The van der Waals surface area contributed by atoms with Gasteiger partial charge in [0.2, 0.25) is 0 Å². The van der Waals surface area contributed by atoms with Crippen molar-refractivity contribution in [1.82, 2.24) is 9.80 Å². The number of hydrogen-bond donors (Lipinski definition) is 0. The molecule has 0 spiro atoms. The zero-order chi connectivity index (χ0) is 24.2. The van der Waals surface area contributed by atoms with Crippen LogP contribution in [0.2, 0.25) is 0 Å². The van der Waals surface area contributed by atoms with E-state index in [0.717, 1.165) is 57.3 Å². The van der Waals surface area contributed by atoms with E-state index in [9.17, 15) is 9.18 Å². The zero-order valence-corrected chi connectivity index (χ0v) is 20.1. The molecule has 3 aromatic carbocycles. The summed E-state index contributed by atoms with van der Waals surface area (Å²) in [6, 6.07) is 24.7. The minimum Gasteiger partial charge on any atom is -0.497 e. The van der Waals surface area contributed by atoms with Crippen LogP contribution < -0.4 is 9.64 Å². The third-order valence-corrected chi connectivity index (χ3v) is 7.35. The van der Waals surface area contributed by atoms with Crippen LogP contribution >= 0.6 is 0 Å². The van der Waals surface area contributed by atoms with Gasteiger partial charge in [-0.1, -0.05) is 30.3 Å². The second-order valence-electron chi connectivity index (χ2n) is 9.48. The standard InChI is InChI=1S/C29H32FN3O2/c1-35-27-13-7-23(8-14-27)29(34)33-20-24(28(21-33)22-5-3-2-4-6-22)19-31-15-17-32(18-16-31)26-11-9-25(30)10-12-26/h2-14,24,28H,15-21H2,1H3/t24-,28-/m0/s1. The highest BCUT2D eigenvalue weighted by Gasteiger charge is 2.37. The Bertz CT molecular complexity index is 1110. The van der Waals surface area contributed by atoms with E-state index >= 15 is 0 Å². The van der Waals surface area contributed by atoms with Crippen LogP contribution in [-0.4, -0.2) is 68.6 Å². The number of anilines is 1. The summed E-state index contributed by atoms with van der Waals surface area (Å²) in [5, 5.41) is 0. The number of nitrogens with zero attached hydrogens (tertiary/aromatic N) is 3. The van der Waals surface area contributed by atoms with Gasteiger partial charge in [0, 0.05) is 63.0 Å². The van der Waals surface area contributed by atoms with Gasteiger partial charge in [0.05, 0.1) is 7.11 Å². The number of hydrogen-bond acceptors (Lipinski definition) is 4. The fraction of sp³-hybridized carbons (Fsp3) is 0.345. The van der Waals surface area contributed by atoms with Crippen LogP contribution in [0, 0.1) is 11.7 Å². The Kier molecular flexibility index (Phi) is 7.00. The van der Waals surface area contributed by atoms with Gasteiger partial charge < -0.3 is 14.5 Å². The van der Waals surface area contributed by atoms with Crippen molar-refractivity contribution < 1.29 is 13.9 Å². The number of piperazine rings is 1. The summed E-state index contributed by atoms with van der Waals surface area (Å²) < 4.78 is 18.5. The second kappa shape index (κ2) is 10.5. The first-order valence-corrected chi connectivity index (χ1v) is 12.3. The molecule has 182 valence electrons. The molecule has 0 aromatic heterocycles. The number of methoxy groups -OCH3 is 1. The highest BCUT2D eigenvalue weighted by molar-refractivity contribution is 5.94. The minimum absolute atomic E-state index is 0.0808. The highest BCUT2D eigenvalue weighted by atomic mass is 19.1. The summed E-state index contributed by atoms with van der Waals surface area (Å²) in [5.41, 5.74) is 3.07. The number of benzene rings is 3. The van der Waals surface area contributed by atoms with E-state index in [2.05, 4.69) is 34.1 Å². The van der Waals surface area contributed by atoms with E-state index in [1.165, 1.54) is 17.7 Å². The summed E-state index contributed by atoms with van der Waals surface area (Å²) in [7, 11) is 1.63. The molecule has 0 unspecified atom stereocenters. The normalized spacial score (nSPS) is 20.7. The van der Waals surface area contributed by atoms with Gasteiger partial charge in [-0.2, -0.15) is 0 Å². The van der Waals surface area contributed by atoms with Crippen molar-refractivity contribution in [3.63, 3.8) is 0 Å². The number of amides is 1. The van der Waals surface area contributed by atoms with E-state index in [0.29, 0.717) is 17.4 Å². The molecule has 2 aliphatic rings. The van der Waals surface area contributed by atoms with Gasteiger partial charge in [-0.15, -0.1) is 0 Å². The highest BCUT2D eigenvalue weighted by Crippen LogP contribution is 2.34. The lowest BCUT2D eigenvalue weighted by atomic mass is 9.88. The molecule has 2 heterocycles. The number of carbonyl (C=O) groups excluding carboxylic acids is 1. The Morgan fingerprint density at radius 1 is 0.886 bits per heavy atom. The lowest BCUT2D eigenvalue weighted by Gasteiger charge is -2.37. The number of likely N-dealkylation sites (tertiary alicyclic amines) is 1. The molecule has 0 aliphatic carbocycles. The molecule has 0 radical (unpaired) electrons. The molecule has 2 saturated heterocycles. The lowest BCUT2D eigenvalue weighted by Crippen LogP contribution is -2.48. The molecule has 5 rings (SSSR count). The zero-order valence-electron chi connectivity index (χ0n) is 20.1. The van der Waals surface area contributed by atoms with Crippen LogP contribution in [0.15, 0.2) is 78.9 Å². The van der Waals surface area contributed by atoms with Gasteiger partial charge in [0.1, 0.15) is 11.6 Å². The summed E-state index contributed by atoms with van der Waals surface area (Å²) in [4.78, 5) is 20.2. The van der Waals surface area contributed by atoms with E-state index in [1.54, 1.807) is 7.11 Å².